The molecule has 0 fully saturated rings. The van der Waals surface area contributed by atoms with Crippen molar-refractivity contribution in [3.8, 4) is 17.2 Å². The van der Waals surface area contributed by atoms with Crippen LogP contribution in [0.3, 0.4) is 0 Å². The fraction of sp³-hybridized carbons (Fsp3) is 0.250. The monoisotopic (exact) mass is 316 g/mol. The van der Waals surface area contributed by atoms with Crippen LogP contribution in [0.4, 0.5) is 0 Å². The Morgan fingerprint density at radius 1 is 1.22 bits per heavy atom. The Hall–Kier alpha value is -2.80. The number of carbonyl (C=O) groups is 2. The maximum Gasteiger partial charge on any atom is 0.336 e. The Bertz CT molecular complexity index is 863. The number of nitrogens with two attached hydrogens (primary N) is 1. The number of hydrogen-bond donors (Lipinski definition) is 2. The van der Waals surface area contributed by atoms with E-state index in [-0.39, 0.29) is 17.2 Å². The zero-order valence-electron chi connectivity index (χ0n) is 12.8. The van der Waals surface area contributed by atoms with Crippen molar-refractivity contribution in [3.05, 3.63) is 29.5 Å². The molecule has 3 N–H and O–H groups in total. The summed E-state index contributed by atoms with van der Waals surface area (Å²) in [6.07, 6.45) is 2.48. The fourth-order valence-corrected chi connectivity index (χ4v) is 2.78. The fourth-order valence-electron chi connectivity index (χ4n) is 2.78. The van der Waals surface area contributed by atoms with Gasteiger partial charge in [0.25, 0.3) is 0 Å². The van der Waals surface area contributed by atoms with E-state index in [0.717, 1.165) is 23.4 Å². The van der Waals surface area contributed by atoms with Crippen LogP contribution in [0.15, 0.2) is 18.2 Å². The van der Waals surface area contributed by atoms with Gasteiger partial charge in [0.1, 0.15) is 0 Å². The average molecular weight is 316 g/mol. The van der Waals surface area contributed by atoms with Crippen molar-refractivity contribution in [2.75, 3.05) is 6.54 Å². The maximum absolute atomic E-state index is 11.7. The van der Waals surface area contributed by atoms with Crippen molar-refractivity contribution < 1.29 is 24.2 Å². The van der Waals surface area contributed by atoms with Gasteiger partial charge in [-0.05, 0) is 25.5 Å². The van der Waals surface area contributed by atoms with Crippen molar-refractivity contribution in [2.24, 2.45) is 12.8 Å². The molecule has 0 unspecified atom stereocenters. The number of rotatable bonds is 2. The molecule has 0 bridgehead atoms. The molecular weight excluding hydrogens is 300 g/mol. The SMILES string of the molecule is Cc1c(CCN)c2c(O)c3c(cc2n1C)OC(=O)/C=C/C(=O)O3. The molecule has 23 heavy (non-hydrogen) atoms. The Morgan fingerprint density at radius 3 is 2.52 bits per heavy atom. The van der Waals surface area contributed by atoms with E-state index in [9.17, 15) is 14.7 Å². The summed E-state index contributed by atoms with van der Waals surface area (Å²) >= 11 is 0. The molecule has 3 rings (SSSR count). The van der Waals surface area contributed by atoms with E-state index in [0.29, 0.717) is 23.9 Å². The van der Waals surface area contributed by atoms with Gasteiger partial charge in [-0.15, -0.1) is 0 Å². The average Bonchev–Trinajstić information content (AvgIpc) is 2.73. The van der Waals surface area contributed by atoms with Crippen LogP contribution in [-0.4, -0.2) is 28.2 Å². The Labute approximate surface area is 131 Å². The first kappa shape index (κ1) is 15.1. The molecule has 0 saturated heterocycles. The molecule has 0 radical (unpaired) electrons. The summed E-state index contributed by atoms with van der Waals surface area (Å²) in [7, 11) is 1.83. The molecule has 120 valence electrons. The third-order valence-corrected chi connectivity index (χ3v) is 3.97. The third kappa shape index (κ3) is 2.35. The molecule has 1 aromatic heterocycles. The molecule has 0 atom stereocenters. The van der Waals surface area contributed by atoms with E-state index in [4.69, 9.17) is 15.2 Å². The highest BCUT2D eigenvalue weighted by Crippen LogP contribution is 2.46. The van der Waals surface area contributed by atoms with Crippen LogP contribution < -0.4 is 15.2 Å². The summed E-state index contributed by atoms with van der Waals surface area (Å²) in [6.45, 7) is 2.31. The van der Waals surface area contributed by atoms with E-state index >= 15 is 0 Å². The predicted molar refractivity (Wildman–Crippen MR) is 82.5 cm³/mol. The predicted octanol–water partition coefficient (Wildman–Crippen LogP) is 1.07. The van der Waals surface area contributed by atoms with Gasteiger partial charge >= 0.3 is 11.9 Å². The number of aromatic hydroxyl groups is 1. The van der Waals surface area contributed by atoms with E-state index in [1.807, 2.05) is 18.5 Å². The van der Waals surface area contributed by atoms with Crippen molar-refractivity contribution in [1.82, 2.24) is 4.57 Å². The van der Waals surface area contributed by atoms with E-state index in [1.54, 1.807) is 6.07 Å². The van der Waals surface area contributed by atoms with Crippen LogP contribution in [-0.2, 0) is 23.1 Å². The number of aromatic nitrogens is 1. The van der Waals surface area contributed by atoms with Gasteiger partial charge in [0, 0.05) is 36.3 Å². The maximum atomic E-state index is 11.7. The quantitative estimate of drug-likeness (QED) is 0.634. The van der Waals surface area contributed by atoms with Gasteiger partial charge in [-0.25, -0.2) is 9.59 Å². The smallest absolute Gasteiger partial charge is 0.336 e. The number of esters is 2. The van der Waals surface area contributed by atoms with Gasteiger partial charge < -0.3 is 24.9 Å². The minimum absolute atomic E-state index is 0.00222. The number of fused-ring (bicyclic) bond motifs is 2. The molecule has 7 heteroatoms. The summed E-state index contributed by atoms with van der Waals surface area (Å²) in [5.74, 6) is -1.87. The largest absolute Gasteiger partial charge is 0.504 e. The Balaban J connectivity index is 2.33. The van der Waals surface area contributed by atoms with Crippen molar-refractivity contribution in [3.63, 3.8) is 0 Å². The number of carbonyl (C=O) groups excluding carboxylic acids is 2. The number of ether oxygens (including phenoxy) is 2. The number of hydrogen-bond acceptors (Lipinski definition) is 6. The van der Waals surface area contributed by atoms with Gasteiger partial charge in [0.05, 0.1) is 5.52 Å². The second kappa shape index (κ2) is 5.44. The summed E-state index contributed by atoms with van der Waals surface area (Å²) < 4.78 is 12.1. The van der Waals surface area contributed by atoms with E-state index in [1.165, 1.54) is 0 Å². The number of aryl methyl sites for hydroxylation is 1. The van der Waals surface area contributed by atoms with Crippen LogP contribution in [0.25, 0.3) is 10.9 Å². The molecule has 0 saturated carbocycles. The first-order chi connectivity index (χ1) is 10.9. The zero-order valence-corrected chi connectivity index (χ0v) is 12.8. The van der Waals surface area contributed by atoms with Crippen molar-refractivity contribution >= 4 is 22.8 Å². The normalized spacial score (nSPS) is 15.6. The van der Waals surface area contributed by atoms with Gasteiger partial charge in [-0.3, -0.25) is 0 Å². The lowest BCUT2D eigenvalue weighted by atomic mass is 10.1. The van der Waals surface area contributed by atoms with Crippen LogP contribution in [0.1, 0.15) is 11.3 Å². The Morgan fingerprint density at radius 2 is 1.87 bits per heavy atom. The van der Waals surface area contributed by atoms with Crippen LogP contribution in [0.2, 0.25) is 0 Å². The lowest BCUT2D eigenvalue weighted by Gasteiger charge is -2.14. The molecule has 1 aliphatic rings. The van der Waals surface area contributed by atoms with Crippen molar-refractivity contribution in [2.45, 2.75) is 13.3 Å². The number of phenolic OH excluding ortho intramolecular Hbond substituents is 1. The van der Waals surface area contributed by atoms with Gasteiger partial charge in [0.15, 0.2) is 11.5 Å². The topological polar surface area (TPSA) is 104 Å². The molecule has 2 aromatic rings. The van der Waals surface area contributed by atoms with Crippen LogP contribution in [0, 0.1) is 6.92 Å². The minimum atomic E-state index is -0.759. The molecule has 1 aliphatic heterocycles. The molecule has 2 heterocycles. The minimum Gasteiger partial charge on any atom is -0.504 e. The molecule has 0 amide bonds. The first-order valence-corrected chi connectivity index (χ1v) is 7.09. The standard InChI is InChI=1S/C16H16N2O5/c1-8-9(5-6-17)14-10(18(8)2)7-11-16(15(14)21)23-13(20)4-3-12(19)22-11/h3-4,7,21H,5-6,17H2,1-2H3/b4-3+. The van der Waals surface area contributed by atoms with E-state index < -0.39 is 11.9 Å². The van der Waals surface area contributed by atoms with Gasteiger partial charge in [0.2, 0.25) is 5.75 Å². The lowest BCUT2D eigenvalue weighted by Crippen LogP contribution is -2.13. The summed E-state index contributed by atoms with van der Waals surface area (Å²) in [4.78, 5) is 23.3. The highest BCUT2D eigenvalue weighted by Gasteiger charge is 2.25. The molecule has 1 aromatic carbocycles. The van der Waals surface area contributed by atoms with Crippen LogP contribution >= 0.6 is 0 Å². The lowest BCUT2D eigenvalue weighted by molar-refractivity contribution is -0.133. The second-order valence-electron chi connectivity index (χ2n) is 5.28. The first-order valence-electron chi connectivity index (χ1n) is 7.09. The number of benzene rings is 1. The van der Waals surface area contributed by atoms with Gasteiger partial charge in [-0.1, -0.05) is 0 Å². The summed E-state index contributed by atoms with van der Waals surface area (Å²) in [5.41, 5.74) is 8.10. The summed E-state index contributed by atoms with van der Waals surface area (Å²) in [6, 6.07) is 1.57. The molecular formula is C16H16N2O5. The molecule has 0 aliphatic carbocycles. The molecule has 0 spiro atoms. The van der Waals surface area contributed by atoms with Crippen molar-refractivity contribution in [1.29, 1.82) is 0 Å². The summed E-state index contributed by atoms with van der Waals surface area (Å²) in [5, 5.41) is 11.2. The number of nitrogens with zero attached hydrogens (tertiary/aromatic N) is 1. The highest BCUT2D eigenvalue weighted by molar-refractivity contribution is 6.00. The van der Waals surface area contributed by atoms with Crippen LogP contribution in [0.5, 0.6) is 17.2 Å². The van der Waals surface area contributed by atoms with E-state index in [2.05, 4.69) is 0 Å². The third-order valence-electron chi connectivity index (χ3n) is 3.97. The number of phenols is 1. The van der Waals surface area contributed by atoms with Gasteiger partial charge in [-0.2, -0.15) is 0 Å². The highest BCUT2D eigenvalue weighted by atomic mass is 16.6. The Kier molecular flexibility index (Phi) is 3.57. The zero-order chi connectivity index (χ0) is 16.7. The molecule has 7 nitrogen and oxygen atoms in total. The second-order valence-corrected chi connectivity index (χ2v) is 5.28.